The molecule has 0 aromatic heterocycles. The molecule has 0 spiro atoms. The predicted octanol–water partition coefficient (Wildman–Crippen LogP) is 1.38. The highest BCUT2D eigenvalue weighted by Gasteiger charge is 2.23. The van der Waals surface area contributed by atoms with Crippen molar-refractivity contribution in [2.45, 2.75) is 32.0 Å². The molecule has 2 atom stereocenters. The van der Waals surface area contributed by atoms with Gasteiger partial charge in [-0.2, -0.15) is 0 Å². The maximum atomic E-state index is 6.35. The number of likely N-dealkylation sites (N-methyl/N-ethyl adjacent to an activating group) is 1. The van der Waals surface area contributed by atoms with Crippen LogP contribution in [0.4, 0.5) is 0 Å². The number of ether oxygens (including phenoxy) is 1. The van der Waals surface area contributed by atoms with Crippen LogP contribution in [-0.4, -0.2) is 43.7 Å². The largest absolute Gasteiger partial charge is 0.491 e. The van der Waals surface area contributed by atoms with Crippen LogP contribution in [0.25, 0.3) is 0 Å². The van der Waals surface area contributed by atoms with Gasteiger partial charge in [0.25, 0.3) is 0 Å². The minimum atomic E-state index is 0.0239. The van der Waals surface area contributed by atoms with E-state index in [0.717, 1.165) is 30.9 Å². The van der Waals surface area contributed by atoms with Crippen molar-refractivity contribution < 1.29 is 4.74 Å². The van der Waals surface area contributed by atoms with Gasteiger partial charge >= 0.3 is 0 Å². The summed E-state index contributed by atoms with van der Waals surface area (Å²) in [5, 5.41) is 3.50. The zero-order chi connectivity index (χ0) is 13.8. The van der Waals surface area contributed by atoms with Crippen molar-refractivity contribution in [2.24, 2.45) is 5.73 Å². The van der Waals surface area contributed by atoms with Crippen molar-refractivity contribution in [1.29, 1.82) is 0 Å². The Labute approximate surface area is 115 Å². The summed E-state index contributed by atoms with van der Waals surface area (Å²) in [7, 11) is 2.14. The van der Waals surface area contributed by atoms with E-state index in [2.05, 4.69) is 29.4 Å². The van der Waals surface area contributed by atoms with E-state index in [1.54, 1.807) is 0 Å². The first-order chi connectivity index (χ1) is 9.06. The number of hydrogen-bond acceptors (Lipinski definition) is 4. The molecule has 0 bridgehead atoms. The van der Waals surface area contributed by atoms with Gasteiger partial charge in [0.05, 0.1) is 6.10 Å². The first-order valence-electron chi connectivity index (χ1n) is 7.00. The third kappa shape index (κ3) is 3.93. The van der Waals surface area contributed by atoms with E-state index >= 15 is 0 Å². The summed E-state index contributed by atoms with van der Waals surface area (Å²) in [6.45, 7) is 7.14. The summed E-state index contributed by atoms with van der Waals surface area (Å²) in [6, 6.07) is 8.48. The Hall–Kier alpha value is -1.10. The zero-order valence-corrected chi connectivity index (χ0v) is 12.1. The smallest absolute Gasteiger partial charge is 0.119 e. The van der Waals surface area contributed by atoms with Crippen molar-refractivity contribution in [2.75, 3.05) is 26.7 Å². The van der Waals surface area contributed by atoms with Crippen molar-refractivity contribution in [3.8, 4) is 5.75 Å². The third-order valence-electron chi connectivity index (χ3n) is 3.48. The van der Waals surface area contributed by atoms with E-state index < -0.39 is 0 Å². The molecule has 1 aromatic carbocycles. The number of nitrogens with zero attached hydrogens (tertiary/aromatic N) is 1. The maximum absolute atomic E-state index is 6.35. The van der Waals surface area contributed by atoms with E-state index in [4.69, 9.17) is 10.5 Å². The fourth-order valence-corrected chi connectivity index (χ4v) is 2.45. The molecule has 0 radical (unpaired) electrons. The topological polar surface area (TPSA) is 50.5 Å². The summed E-state index contributed by atoms with van der Waals surface area (Å²) < 4.78 is 5.65. The van der Waals surface area contributed by atoms with Gasteiger partial charge in [-0.05, 0) is 38.6 Å². The quantitative estimate of drug-likeness (QED) is 0.861. The van der Waals surface area contributed by atoms with Gasteiger partial charge in [0.1, 0.15) is 5.75 Å². The molecule has 1 fully saturated rings. The van der Waals surface area contributed by atoms with Gasteiger partial charge in [0.2, 0.25) is 0 Å². The fourth-order valence-electron chi connectivity index (χ4n) is 2.45. The number of nitrogens with two attached hydrogens (primary N) is 1. The van der Waals surface area contributed by atoms with Gasteiger partial charge < -0.3 is 20.7 Å². The van der Waals surface area contributed by atoms with Gasteiger partial charge in [-0.1, -0.05) is 12.1 Å². The maximum Gasteiger partial charge on any atom is 0.119 e. The number of benzene rings is 1. The van der Waals surface area contributed by atoms with Crippen molar-refractivity contribution in [3.05, 3.63) is 29.8 Å². The second-order valence-corrected chi connectivity index (χ2v) is 5.58. The Morgan fingerprint density at radius 1 is 1.32 bits per heavy atom. The summed E-state index contributed by atoms with van der Waals surface area (Å²) in [5.74, 6) is 0.902. The van der Waals surface area contributed by atoms with Gasteiger partial charge in [-0.25, -0.2) is 0 Å². The molecule has 19 heavy (non-hydrogen) atoms. The van der Waals surface area contributed by atoms with Crippen LogP contribution in [0.2, 0.25) is 0 Å². The van der Waals surface area contributed by atoms with Crippen LogP contribution in [0.5, 0.6) is 5.75 Å². The Kier molecular flexibility index (Phi) is 4.80. The van der Waals surface area contributed by atoms with Crippen LogP contribution in [0.15, 0.2) is 24.3 Å². The molecule has 1 saturated heterocycles. The molecule has 0 amide bonds. The van der Waals surface area contributed by atoms with Crippen LogP contribution in [0, 0.1) is 0 Å². The fraction of sp³-hybridized carbons (Fsp3) is 0.600. The third-order valence-corrected chi connectivity index (χ3v) is 3.48. The van der Waals surface area contributed by atoms with Crippen LogP contribution in [-0.2, 0) is 0 Å². The minimum Gasteiger partial charge on any atom is -0.491 e. The van der Waals surface area contributed by atoms with E-state index in [1.165, 1.54) is 0 Å². The van der Waals surface area contributed by atoms with Crippen LogP contribution >= 0.6 is 0 Å². The molecule has 2 rings (SSSR count). The second-order valence-electron chi connectivity index (χ2n) is 5.58. The van der Waals surface area contributed by atoms with Gasteiger partial charge in [0, 0.05) is 31.7 Å². The summed E-state index contributed by atoms with van der Waals surface area (Å²) in [6.07, 6.45) is 0.202. The number of rotatable bonds is 4. The zero-order valence-electron chi connectivity index (χ0n) is 12.1. The molecule has 0 aliphatic carbocycles. The van der Waals surface area contributed by atoms with Crippen LogP contribution in [0.1, 0.15) is 25.5 Å². The van der Waals surface area contributed by atoms with Gasteiger partial charge in [-0.3, -0.25) is 0 Å². The summed E-state index contributed by atoms with van der Waals surface area (Å²) in [4.78, 5) is 2.32. The molecule has 1 heterocycles. The lowest BCUT2D eigenvalue weighted by atomic mass is 9.98. The highest BCUT2D eigenvalue weighted by atomic mass is 16.5. The molecule has 1 aliphatic rings. The molecule has 4 nitrogen and oxygen atoms in total. The Balaban J connectivity index is 2.00. The standard InChI is InChI=1S/C15H25N3O/c1-11(2)19-13-6-4-12(5-7-13)15(16)14-10-18(3)9-8-17-14/h4-7,11,14-15,17H,8-10,16H2,1-3H3. The lowest BCUT2D eigenvalue weighted by molar-refractivity contribution is 0.219. The summed E-state index contributed by atoms with van der Waals surface area (Å²) in [5.41, 5.74) is 7.51. The normalized spacial score (nSPS) is 22.5. The Bertz CT molecular complexity index is 391. The average Bonchev–Trinajstić information content (AvgIpc) is 2.38. The average molecular weight is 263 g/mol. The lowest BCUT2D eigenvalue weighted by Gasteiger charge is -2.34. The van der Waals surface area contributed by atoms with E-state index in [1.807, 2.05) is 26.0 Å². The summed E-state index contributed by atoms with van der Waals surface area (Å²) >= 11 is 0. The van der Waals surface area contributed by atoms with E-state index in [9.17, 15) is 0 Å². The van der Waals surface area contributed by atoms with Gasteiger partial charge in [0.15, 0.2) is 0 Å². The van der Waals surface area contributed by atoms with E-state index in [0.29, 0.717) is 6.04 Å². The lowest BCUT2D eigenvalue weighted by Crippen LogP contribution is -2.53. The number of hydrogen-bond donors (Lipinski definition) is 2. The highest BCUT2D eigenvalue weighted by molar-refractivity contribution is 5.30. The number of nitrogens with one attached hydrogen (secondary N) is 1. The minimum absolute atomic E-state index is 0.0239. The molecule has 0 saturated carbocycles. The molecule has 2 unspecified atom stereocenters. The molecular weight excluding hydrogens is 238 g/mol. The second kappa shape index (κ2) is 6.37. The molecule has 1 aliphatic heterocycles. The Morgan fingerprint density at radius 2 is 2.00 bits per heavy atom. The molecule has 4 heteroatoms. The predicted molar refractivity (Wildman–Crippen MR) is 78.4 cm³/mol. The van der Waals surface area contributed by atoms with Crippen LogP contribution < -0.4 is 15.8 Å². The number of piperazine rings is 1. The van der Waals surface area contributed by atoms with Crippen molar-refractivity contribution in [1.82, 2.24) is 10.2 Å². The van der Waals surface area contributed by atoms with Crippen molar-refractivity contribution in [3.63, 3.8) is 0 Å². The van der Waals surface area contributed by atoms with Crippen LogP contribution in [0.3, 0.4) is 0 Å². The Morgan fingerprint density at radius 3 is 2.58 bits per heavy atom. The molecule has 1 aromatic rings. The SMILES string of the molecule is CC(C)Oc1ccc(C(N)C2CN(C)CCN2)cc1. The molecule has 106 valence electrons. The first kappa shape index (κ1) is 14.3. The first-order valence-corrected chi connectivity index (χ1v) is 7.00. The van der Waals surface area contributed by atoms with Crippen molar-refractivity contribution >= 4 is 0 Å². The monoisotopic (exact) mass is 263 g/mol. The highest BCUT2D eigenvalue weighted by Crippen LogP contribution is 2.20. The van der Waals surface area contributed by atoms with Gasteiger partial charge in [-0.15, -0.1) is 0 Å². The van der Waals surface area contributed by atoms with E-state index in [-0.39, 0.29) is 12.1 Å². The molecule has 3 N–H and O–H groups in total. The molecular formula is C15H25N3O.